The van der Waals surface area contributed by atoms with Crippen LogP contribution in [-0.4, -0.2) is 54.3 Å². The van der Waals surface area contributed by atoms with Crippen molar-refractivity contribution in [2.45, 2.75) is 24.2 Å². The third kappa shape index (κ3) is 4.28. The van der Waals surface area contributed by atoms with Crippen LogP contribution in [0.25, 0.3) is 0 Å². The Morgan fingerprint density at radius 2 is 1.23 bits per heavy atom. The summed E-state index contributed by atoms with van der Waals surface area (Å²) in [5.74, 6) is 0. The van der Waals surface area contributed by atoms with Crippen LogP contribution in [0.2, 0.25) is 0 Å². The highest BCUT2D eigenvalue weighted by atomic mass is 32.2. The second-order valence-electron chi connectivity index (χ2n) is 4.03. The number of aromatic nitrogens is 6. The fraction of sp³-hybridized carbons (Fsp3) is 0.333. The third-order valence-electron chi connectivity index (χ3n) is 2.54. The van der Waals surface area contributed by atoms with Crippen molar-refractivity contribution in [3.8, 4) is 0 Å². The maximum atomic E-state index is 4.32. The molecule has 2 aromatic heterocycles. The second-order valence-corrected chi connectivity index (χ2v) is 5.57. The van der Waals surface area contributed by atoms with Crippen molar-refractivity contribution in [2.24, 2.45) is 10.2 Å². The largest absolute Gasteiger partial charge is 0.218 e. The van der Waals surface area contributed by atoms with Gasteiger partial charge in [-0.3, -0.25) is 0 Å². The Kier molecular flexibility index (Phi) is 5.90. The lowest BCUT2D eigenvalue weighted by molar-refractivity contribution is 0.831. The van der Waals surface area contributed by atoms with Crippen LogP contribution < -0.4 is 0 Å². The van der Waals surface area contributed by atoms with Gasteiger partial charge in [0.25, 0.3) is 0 Å². The van der Waals surface area contributed by atoms with Crippen LogP contribution in [0.1, 0.15) is 25.2 Å². The van der Waals surface area contributed by atoms with Crippen molar-refractivity contribution in [3.63, 3.8) is 0 Å². The topological polar surface area (TPSA) is 102 Å². The Hall–Kier alpha value is -1.94. The third-order valence-corrected chi connectivity index (χ3v) is 3.61. The van der Waals surface area contributed by atoms with Crippen LogP contribution in [0, 0.1) is 0 Å². The fourth-order valence-electron chi connectivity index (χ4n) is 1.35. The summed E-state index contributed by atoms with van der Waals surface area (Å²) in [6.45, 7) is 3.63. The number of nitrogens with zero attached hydrogens (tertiary/aromatic N) is 8. The molecule has 0 unspecified atom stereocenters. The predicted molar refractivity (Wildman–Crippen MR) is 87.6 cm³/mol. The van der Waals surface area contributed by atoms with E-state index in [0.29, 0.717) is 33.1 Å². The lowest BCUT2D eigenvalue weighted by Crippen LogP contribution is -2.04. The van der Waals surface area contributed by atoms with E-state index in [2.05, 4.69) is 40.6 Å². The molecule has 8 nitrogen and oxygen atoms in total. The smallest absolute Gasteiger partial charge is 0.209 e. The first kappa shape index (κ1) is 16.4. The first-order chi connectivity index (χ1) is 10.6. The summed E-state index contributed by atoms with van der Waals surface area (Å²) in [4.78, 5) is 8.63. The molecule has 2 rings (SSSR count). The first-order valence-corrected chi connectivity index (χ1v) is 8.66. The zero-order valence-corrected chi connectivity index (χ0v) is 14.2. The monoisotopic (exact) mass is 334 g/mol. The van der Waals surface area contributed by atoms with Gasteiger partial charge in [-0.05, 0) is 26.4 Å². The summed E-state index contributed by atoms with van der Waals surface area (Å²) >= 11 is 2.85. The molecule has 114 valence electrons. The quantitative estimate of drug-likeness (QED) is 0.463. The van der Waals surface area contributed by atoms with E-state index in [1.807, 2.05) is 26.4 Å². The lowest BCUT2D eigenvalue weighted by atomic mass is 10.3. The molecule has 2 heterocycles. The molecular weight excluding hydrogens is 320 g/mol. The average molecular weight is 334 g/mol. The molecule has 0 N–H and O–H groups in total. The molecule has 10 heteroatoms. The Morgan fingerprint density at radius 3 is 1.59 bits per heavy atom. The van der Waals surface area contributed by atoms with E-state index in [1.165, 1.54) is 23.5 Å². The molecule has 0 radical (unpaired) electrons. The summed E-state index contributed by atoms with van der Waals surface area (Å²) in [6, 6.07) is 0. The molecule has 0 saturated heterocycles. The van der Waals surface area contributed by atoms with Gasteiger partial charge in [-0.15, -0.1) is 10.2 Å². The Morgan fingerprint density at radius 1 is 0.818 bits per heavy atom. The summed E-state index contributed by atoms with van der Waals surface area (Å²) < 4.78 is 0. The number of hydrogen-bond donors (Lipinski definition) is 0. The molecule has 0 aromatic carbocycles. The van der Waals surface area contributed by atoms with E-state index in [9.17, 15) is 0 Å². The van der Waals surface area contributed by atoms with Crippen LogP contribution in [0.15, 0.2) is 32.9 Å². The molecule has 0 atom stereocenters. The highest BCUT2D eigenvalue weighted by Gasteiger charge is 2.05. The summed E-state index contributed by atoms with van der Waals surface area (Å²) in [7, 11) is 0. The van der Waals surface area contributed by atoms with Crippen molar-refractivity contribution < 1.29 is 0 Å². The lowest BCUT2D eigenvalue weighted by Gasteiger charge is -2.00. The van der Waals surface area contributed by atoms with Gasteiger partial charge in [0.05, 0.1) is 23.8 Å². The molecule has 0 aliphatic carbocycles. The van der Waals surface area contributed by atoms with E-state index < -0.39 is 0 Å². The minimum absolute atomic E-state index is 0.595. The SMILES string of the molecule is CSc1nncc(/C(C)=N/N=C(\C)c2cnnc(SC)n2)n1. The van der Waals surface area contributed by atoms with E-state index in [1.54, 1.807) is 12.4 Å². The molecule has 0 aliphatic heterocycles. The van der Waals surface area contributed by atoms with Gasteiger partial charge < -0.3 is 0 Å². The molecule has 0 aliphatic rings. The Balaban J connectivity index is 2.23. The van der Waals surface area contributed by atoms with Crippen LogP contribution >= 0.6 is 23.5 Å². The van der Waals surface area contributed by atoms with Gasteiger partial charge >= 0.3 is 0 Å². The van der Waals surface area contributed by atoms with Crippen LogP contribution in [0.3, 0.4) is 0 Å². The summed E-state index contributed by atoms with van der Waals surface area (Å²) in [5.41, 5.74) is 2.58. The van der Waals surface area contributed by atoms with E-state index in [-0.39, 0.29) is 0 Å². The van der Waals surface area contributed by atoms with Crippen LogP contribution in [0.5, 0.6) is 0 Å². The Bertz CT molecular complexity index is 654. The number of rotatable bonds is 5. The van der Waals surface area contributed by atoms with Gasteiger partial charge in [0.2, 0.25) is 10.3 Å². The van der Waals surface area contributed by atoms with Crippen molar-refractivity contribution in [3.05, 3.63) is 23.8 Å². The van der Waals surface area contributed by atoms with Gasteiger partial charge in [-0.1, -0.05) is 23.5 Å². The maximum Gasteiger partial charge on any atom is 0.209 e. The number of thioether (sulfide) groups is 2. The summed E-state index contributed by atoms with van der Waals surface area (Å²) in [6.07, 6.45) is 6.89. The molecule has 0 amide bonds. The predicted octanol–water partition coefficient (Wildman–Crippen LogP) is 1.73. The highest BCUT2D eigenvalue weighted by molar-refractivity contribution is 7.98. The molecule has 0 fully saturated rings. The molecule has 22 heavy (non-hydrogen) atoms. The van der Waals surface area contributed by atoms with Crippen molar-refractivity contribution in [2.75, 3.05) is 12.5 Å². The van der Waals surface area contributed by atoms with Crippen molar-refractivity contribution in [1.29, 1.82) is 0 Å². The summed E-state index contributed by atoms with van der Waals surface area (Å²) in [5, 5.41) is 25.1. The number of hydrogen-bond acceptors (Lipinski definition) is 10. The molecule has 2 aromatic rings. The fourth-order valence-corrected chi connectivity index (χ4v) is 1.99. The minimum Gasteiger partial charge on any atom is -0.218 e. The van der Waals surface area contributed by atoms with Crippen molar-refractivity contribution >= 4 is 34.9 Å². The van der Waals surface area contributed by atoms with Gasteiger partial charge in [0.15, 0.2) is 0 Å². The van der Waals surface area contributed by atoms with Gasteiger partial charge in [0, 0.05) is 0 Å². The van der Waals surface area contributed by atoms with Crippen LogP contribution in [0.4, 0.5) is 0 Å². The minimum atomic E-state index is 0.595. The maximum absolute atomic E-state index is 4.32. The second kappa shape index (κ2) is 7.90. The molecular formula is C12H14N8S2. The molecule has 0 saturated carbocycles. The normalized spacial score (nSPS) is 12.5. The average Bonchev–Trinajstić information content (AvgIpc) is 2.59. The standard InChI is InChI=1S/C12H14N8S2/c1-7(9-5-13-19-11(15-9)21-3)17-18-8(2)10-6-14-20-12(16-10)22-4/h5-6H,1-4H3/b17-7+,18-8+. The van der Waals surface area contributed by atoms with Gasteiger partial charge in [-0.2, -0.15) is 20.4 Å². The van der Waals surface area contributed by atoms with E-state index >= 15 is 0 Å². The van der Waals surface area contributed by atoms with E-state index in [0.717, 1.165) is 0 Å². The first-order valence-electron chi connectivity index (χ1n) is 6.21. The zero-order valence-electron chi connectivity index (χ0n) is 12.5. The van der Waals surface area contributed by atoms with Gasteiger partial charge in [0.1, 0.15) is 11.4 Å². The highest BCUT2D eigenvalue weighted by Crippen LogP contribution is 2.08. The zero-order chi connectivity index (χ0) is 15.9. The van der Waals surface area contributed by atoms with Crippen molar-refractivity contribution in [1.82, 2.24) is 30.4 Å². The van der Waals surface area contributed by atoms with E-state index in [4.69, 9.17) is 0 Å². The van der Waals surface area contributed by atoms with Crippen LogP contribution in [-0.2, 0) is 0 Å². The Labute approximate surface area is 136 Å². The van der Waals surface area contributed by atoms with Gasteiger partial charge in [-0.25, -0.2) is 9.97 Å². The molecule has 0 bridgehead atoms. The molecule has 0 spiro atoms.